The maximum Gasteiger partial charge on any atom is 0.251 e. The van der Waals surface area contributed by atoms with Crippen molar-refractivity contribution in [3.63, 3.8) is 0 Å². The van der Waals surface area contributed by atoms with Crippen LogP contribution in [0.3, 0.4) is 0 Å². The summed E-state index contributed by atoms with van der Waals surface area (Å²) in [5.74, 6) is 0.279. The van der Waals surface area contributed by atoms with Crippen LogP contribution in [0.15, 0.2) is 18.2 Å². The van der Waals surface area contributed by atoms with Crippen molar-refractivity contribution >= 4 is 21.4 Å². The molecule has 1 atom stereocenters. The van der Waals surface area contributed by atoms with Gasteiger partial charge in [0.05, 0.1) is 29.3 Å². The van der Waals surface area contributed by atoms with Gasteiger partial charge >= 0.3 is 0 Å². The number of anilines is 1. The Kier molecular flexibility index (Phi) is 4.13. The summed E-state index contributed by atoms with van der Waals surface area (Å²) in [6.07, 6.45) is 0.424. The van der Waals surface area contributed by atoms with Crippen molar-refractivity contribution in [2.45, 2.75) is 25.8 Å². The monoisotopic (exact) mass is 312 g/mol. The van der Waals surface area contributed by atoms with E-state index in [0.29, 0.717) is 30.0 Å². The van der Waals surface area contributed by atoms with Gasteiger partial charge in [0, 0.05) is 5.56 Å². The number of rotatable bonds is 4. The van der Waals surface area contributed by atoms with E-state index in [4.69, 9.17) is 10.5 Å². The molecule has 1 aromatic rings. The topological polar surface area (TPSA) is 98.5 Å². The summed E-state index contributed by atoms with van der Waals surface area (Å²) in [7, 11) is -3.06. The summed E-state index contributed by atoms with van der Waals surface area (Å²) in [5.41, 5.74) is 5.88. The Hall–Kier alpha value is -1.76. The van der Waals surface area contributed by atoms with Gasteiger partial charge < -0.3 is 15.8 Å². The summed E-state index contributed by atoms with van der Waals surface area (Å²) in [4.78, 5) is 12.2. The first-order chi connectivity index (χ1) is 9.75. The first-order valence-corrected chi connectivity index (χ1v) is 8.62. The number of hydrogen-bond donors (Lipinski definition) is 2. The number of carbonyl (C=O) groups excluding carboxylic acids is 1. The van der Waals surface area contributed by atoms with E-state index < -0.39 is 15.4 Å². The normalized spacial score (nSPS) is 23.7. The number of carbonyl (C=O) groups is 1. The Balaban J connectivity index is 2.12. The van der Waals surface area contributed by atoms with Gasteiger partial charge in [0.2, 0.25) is 0 Å². The van der Waals surface area contributed by atoms with Gasteiger partial charge in [-0.25, -0.2) is 8.42 Å². The van der Waals surface area contributed by atoms with Gasteiger partial charge in [0.15, 0.2) is 9.84 Å². The predicted octanol–water partition coefficient (Wildman–Crippen LogP) is 0.974. The number of ether oxygens (including phenoxy) is 1. The molecule has 0 saturated carbocycles. The van der Waals surface area contributed by atoms with E-state index in [0.717, 1.165) is 0 Å². The average molecular weight is 312 g/mol. The zero-order chi connectivity index (χ0) is 15.7. The van der Waals surface area contributed by atoms with Crippen molar-refractivity contribution in [1.82, 2.24) is 5.32 Å². The molecule has 116 valence electrons. The highest BCUT2D eigenvalue weighted by Gasteiger charge is 2.39. The molecule has 3 N–H and O–H groups in total. The minimum Gasteiger partial charge on any atom is -0.492 e. The highest BCUT2D eigenvalue weighted by Crippen LogP contribution is 2.25. The second-order valence-electron chi connectivity index (χ2n) is 5.54. The Bertz CT molecular complexity index is 657. The second kappa shape index (κ2) is 5.55. The van der Waals surface area contributed by atoms with Crippen LogP contribution >= 0.6 is 0 Å². The minimum atomic E-state index is -3.06. The average Bonchev–Trinajstić information content (AvgIpc) is 2.66. The molecule has 1 saturated heterocycles. The number of nitrogens with two attached hydrogens (primary N) is 1. The van der Waals surface area contributed by atoms with Crippen molar-refractivity contribution in [2.24, 2.45) is 0 Å². The van der Waals surface area contributed by atoms with Crippen LogP contribution in [0.1, 0.15) is 30.6 Å². The van der Waals surface area contributed by atoms with E-state index >= 15 is 0 Å². The molecule has 1 heterocycles. The smallest absolute Gasteiger partial charge is 0.251 e. The van der Waals surface area contributed by atoms with Crippen LogP contribution in [0.5, 0.6) is 5.75 Å². The van der Waals surface area contributed by atoms with Gasteiger partial charge in [-0.2, -0.15) is 0 Å². The lowest BCUT2D eigenvalue weighted by molar-refractivity contribution is 0.0915. The molecular formula is C14H20N2O4S. The van der Waals surface area contributed by atoms with E-state index in [1.54, 1.807) is 19.1 Å². The first kappa shape index (κ1) is 15.6. The van der Waals surface area contributed by atoms with E-state index in [1.807, 2.05) is 6.92 Å². The van der Waals surface area contributed by atoms with Crippen molar-refractivity contribution in [3.8, 4) is 5.75 Å². The van der Waals surface area contributed by atoms with E-state index in [2.05, 4.69) is 5.32 Å². The molecule has 1 amide bonds. The first-order valence-electron chi connectivity index (χ1n) is 6.80. The maximum atomic E-state index is 12.2. The Morgan fingerprint density at radius 3 is 2.71 bits per heavy atom. The van der Waals surface area contributed by atoms with E-state index in [1.165, 1.54) is 6.07 Å². The number of hydrogen-bond acceptors (Lipinski definition) is 5. The van der Waals surface area contributed by atoms with Gasteiger partial charge in [-0.3, -0.25) is 4.79 Å². The highest BCUT2D eigenvalue weighted by atomic mass is 32.2. The fourth-order valence-corrected chi connectivity index (χ4v) is 4.53. The molecule has 7 heteroatoms. The second-order valence-corrected chi connectivity index (χ2v) is 7.73. The number of nitrogens with one attached hydrogen (secondary N) is 1. The largest absolute Gasteiger partial charge is 0.492 e. The number of sulfone groups is 1. The number of nitrogen functional groups attached to an aromatic ring is 1. The lowest BCUT2D eigenvalue weighted by Crippen LogP contribution is -2.46. The van der Waals surface area contributed by atoms with Crippen molar-refractivity contribution in [1.29, 1.82) is 0 Å². The van der Waals surface area contributed by atoms with Crippen LogP contribution in [0.4, 0.5) is 5.69 Å². The molecular weight excluding hydrogens is 292 g/mol. The summed E-state index contributed by atoms with van der Waals surface area (Å²) in [6, 6.07) is 4.79. The molecule has 0 aliphatic carbocycles. The molecule has 2 rings (SSSR count). The summed E-state index contributed by atoms with van der Waals surface area (Å²) < 4.78 is 28.4. The fourth-order valence-electron chi connectivity index (χ4n) is 2.43. The molecule has 1 aromatic carbocycles. The molecule has 0 bridgehead atoms. The lowest BCUT2D eigenvalue weighted by atomic mass is 10.0. The van der Waals surface area contributed by atoms with Crippen molar-refractivity contribution < 1.29 is 17.9 Å². The van der Waals surface area contributed by atoms with Crippen molar-refractivity contribution in [3.05, 3.63) is 23.8 Å². The Morgan fingerprint density at radius 1 is 1.48 bits per heavy atom. The number of amides is 1. The molecule has 1 fully saturated rings. The highest BCUT2D eigenvalue weighted by molar-refractivity contribution is 7.91. The number of benzene rings is 1. The molecule has 1 aliphatic rings. The molecule has 1 aliphatic heterocycles. The van der Waals surface area contributed by atoms with Gasteiger partial charge in [-0.05, 0) is 38.5 Å². The summed E-state index contributed by atoms with van der Waals surface area (Å²) in [6.45, 7) is 4.08. The minimum absolute atomic E-state index is 0.0295. The predicted molar refractivity (Wildman–Crippen MR) is 81.2 cm³/mol. The molecule has 1 unspecified atom stereocenters. The van der Waals surface area contributed by atoms with Crippen molar-refractivity contribution in [2.75, 3.05) is 23.8 Å². The zero-order valence-electron chi connectivity index (χ0n) is 12.2. The van der Waals surface area contributed by atoms with E-state index in [-0.39, 0.29) is 17.4 Å². The quantitative estimate of drug-likeness (QED) is 0.807. The van der Waals surface area contributed by atoms with Gasteiger partial charge in [0.25, 0.3) is 5.91 Å². The van der Waals surface area contributed by atoms with Crippen LogP contribution in [0.25, 0.3) is 0 Å². The van der Waals surface area contributed by atoms with Gasteiger partial charge in [-0.1, -0.05) is 0 Å². The Morgan fingerprint density at radius 2 is 2.19 bits per heavy atom. The fraction of sp³-hybridized carbons (Fsp3) is 0.500. The lowest BCUT2D eigenvalue weighted by Gasteiger charge is -2.24. The van der Waals surface area contributed by atoms with Gasteiger partial charge in [-0.15, -0.1) is 0 Å². The summed E-state index contributed by atoms with van der Waals surface area (Å²) in [5, 5.41) is 2.79. The zero-order valence-corrected chi connectivity index (χ0v) is 13.0. The third kappa shape index (κ3) is 3.66. The Labute approximate surface area is 124 Å². The van der Waals surface area contributed by atoms with Gasteiger partial charge in [0.1, 0.15) is 5.75 Å². The van der Waals surface area contributed by atoms with Crippen LogP contribution in [-0.4, -0.2) is 38.0 Å². The third-order valence-corrected chi connectivity index (χ3v) is 5.39. The molecule has 0 aromatic heterocycles. The van der Waals surface area contributed by atoms with Crippen LogP contribution in [0.2, 0.25) is 0 Å². The van der Waals surface area contributed by atoms with Crippen LogP contribution < -0.4 is 15.8 Å². The molecule has 0 spiro atoms. The molecule has 6 nitrogen and oxygen atoms in total. The van der Waals surface area contributed by atoms with E-state index in [9.17, 15) is 13.2 Å². The molecule has 0 radical (unpaired) electrons. The summed E-state index contributed by atoms with van der Waals surface area (Å²) >= 11 is 0. The standard InChI is InChI=1S/C14H20N2O4S/c1-3-20-12-5-4-10(8-11(12)15)13(17)16-14(2)6-7-21(18,19)9-14/h4-5,8H,3,6-7,9,15H2,1-2H3,(H,16,17). The SMILES string of the molecule is CCOc1ccc(C(=O)NC2(C)CCS(=O)(=O)C2)cc1N. The third-order valence-electron chi connectivity index (χ3n) is 3.49. The van der Waals surface area contributed by atoms with Crippen LogP contribution in [0, 0.1) is 0 Å². The maximum absolute atomic E-state index is 12.2. The molecule has 21 heavy (non-hydrogen) atoms. The van der Waals surface area contributed by atoms with Crippen LogP contribution in [-0.2, 0) is 9.84 Å².